The molecule has 0 aliphatic heterocycles. The Hall–Kier alpha value is -1.45. The lowest BCUT2D eigenvalue weighted by Gasteiger charge is -1.93. The second kappa shape index (κ2) is 2.55. The third-order valence-corrected chi connectivity index (χ3v) is 1.83. The van der Waals surface area contributed by atoms with Crippen molar-refractivity contribution in [2.75, 3.05) is 0 Å². The highest BCUT2D eigenvalue weighted by Crippen LogP contribution is 2.11. The number of hydrogen-bond donors (Lipinski definition) is 0. The van der Waals surface area contributed by atoms with Crippen molar-refractivity contribution in [3.05, 3.63) is 18.2 Å². The zero-order valence-corrected chi connectivity index (χ0v) is 7.15. The highest BCUT2D eigenvalue weighted by atomic mass is 15.3. The lowest BCUT2D eigenvalue weighted by molar-refractivity contribution is 0.777. The van der Waals surface area contributed by atoms with Gasteiger partial charge >= 0.3 is 0 Å². The summed E-state index contributed by atoms with van der Waals surface area (Å²) in [7, 11) is 1.89. The molecule has 0 amide bonds. The highest BCUT2D eigenvalue weighted by molar-refractivity contribution is 5.75. The van der Waals surface area contributed by atoms with E-state index in [9.17, 15) is 0 Å². The highest BCUT2D eigenvalue weighted by Gasteiger charge is 2.04. The molecule has 4 nitrogen and oxygen atoms in total. The summed E-state index contributed by atoms with van der Waals surface area (Å²) in [6.45, 7) is 2.07. The second-order valence-electron chi connectivity index (χ2n) is 2.71. The smallest absolute Gasteiger partial charge is 0.132 e. The molecule has 0 radical (unpaired) electrons. The molecule has 0 bridgehead atoms. The molecule has 0 atom stereocenters. The van der Waals surface area contributed by atoms with Crippen molar-refractivity contribution in [1.29, 1.82) is 0 Å². The van der Waals surface area contributed by atoms with Crippen LogP contribution in [0.15, 0.2) is 12.5 Å². The predicted molar refractivity (Wildman–Crippen MR) is 45.7 cm³/mol. The number of hydrogen-bond acceptors (Lipinski definition) is 3. The second-order valence-corrected chi connectivity index (χ2v) is 2.71. The third kappa shape index (κ3) is 0.958. The topological polar surface area (TPSA) is 43.6 Å². The molecule has 0 aromatic carbocycles. The fourth-order valence-corrected chi connectivity index (χ4v) is 1.26. The maximum atomic E-state index is 4.28. The fraction of sp³-hybridized carbons (Fsp3) is 0.375. The summed E-state index contributed by atoms with van der Waals surface area (Å²) in [5.74, 6) is 0. The van der Waals surface area contributed by atoms with Gasteiger partial charge in [0, 0.05) is 7.05 Å². The Morgan fingerprint density at radius 2 is 2.25 bits per heavy atom. The zero-order chi connectivity index (χ0) is 8.55. The summed E-state index contributed by atoms with van der Waals surface area (Å²) in [5.41, 5.74) is 2.85. The van der Waals surface area contributed by atoms with Gasteiger partial charge in [-0.3, -0.25) is 4.68 Å². The van der Waals surface area contributed by atoms with E-state index >= 15 is 0 Å². The van der Waals surface area contributed by atoms with Gasteiger partial charge in [-0.25, -0.2) is 9.97 Å². The number of rotatable bonds is 1. The van der Waals surface area contributed by atoms with E-state index in [0.717, 1.165) is 23.1 Å². The molecular formula is C8H10N4. The molecule has 2 aromatic rings. The monoisotopic (exact) mass is 162 g/mol. The molecule has 2 heterocycles. The first-order valence-electron chi connectivity index (χ1n) is 3.94. The minimum Gasteiger partial charge on any atom is -0.273 e. The number of fused-ring (bicyclic) bond motifs is 1. The van der Waals surface area contributed by atoms with Gasteiger partial charge in [-0.2, -0.15) is 5.10 Å². The van der Waals surface area contributed by atoms with Gasteiger partial charge < -0.3 is 0 Å². The van der Waals surface area contributed by atoms with Crippen LogP contribution in [0.3, 0.4) is 0 Å². The Labute approximate surface area is 70.3 Å². The van der Waals surface area contributed by atoms with Crippen LogP contribution in [-0.4, -0.2) is 19.7 Å². The van der Waals surface area contributed by atoms with Crippen LogP contribution in [0.4, 0.5) is 0 Å². The predicted octanol–water partition coefficient (Wildman–Crippen LogP) is 0.926. The van der Waals surface area contributed by atoms with Crippen molar-refractivity contribution < 1.29 is 0 Å². The summed E-state index contributed by atoms with van der Waals surface area (Å²) in [6.07, 6.45) is 4.38. The first-order chi connectivity index (χ1) is 5.81. The Balaban J connectivity index is 2.78. The molecule has 0 spiro atoms. The van der Waals surface area contributed by atoms with Gasteiger partial charge in [-0.05, 0) is 6.42 Å². The van der Waals surface area contributed by atoms with Crippen LogP contribution in [-0.2, 0) is 13.5 Å². The van der Waals surface area contributed by atoms with Crippen LogP contribution in [0.25, 0.3) is 11.0 Å². The van der Waals surface area contributed by atoms with Crippen LogP contribution >= 0.6 is 0 Å². The SMILES string of the molecule is CCc1ncnc2cn(C)nc12. The van der Waals surface area contributed by atoms with Crippen molar-refractivity contribution in [1.82, 2.24) is 19.7 Å². The molecule has 0 N–H and O–H groups in total. The molecule has 0 aliphatic rings. The quantitative estimate of drug-likeness (QED) is 0.626. The fourth-order valence-electron chi connectivity index (χ4n) is 1.26. The molecule has 0 fully saturated rings. The number of aromatic nitrogens is 4. The lowest BCUT2D eigenvalue weighted by atomic mass is 10.3. The minimum atomic E-state index is 0.899. The Bertz CT molecular complexity index is 404. The van der Waals surface area contributed by atoms with Crippen molar-refractivity contribution in [2.24, 2.45) is 7.05 Å². The Morgan fingerprint density at radius 3 is 3.00 bits per heavy atom. The Morgan fingerprint density at radius 1 is 1.42 bits per heavy atom. The summed E-state index contributed by atoms with van der Waals surface area (Å²) < 4.78 is 1.76. The number of aryl methyl sites for hydroxylation is 2. The average molecular weight is 162 g/mol. The maximum absolute atomic E-state index is 4.28. The van der Waals surface area contributed by atoms with Gasteiger partial charge in [0.25, 0.3) is 0 Å². The standard InChI is InChI=1S/C8H10N4/c1-3-6-8-7(10-5-9-6)4-12(2)11-8/h4-5H,3H2,1-2H3. The summed E-state index contributed by atoms with van der Waals surface area (Å²) in [6, 6.07) is 0. The lowest BCUT2D eigenvalue weighted by Crippen LogP contribution is -1.91. The van der Waals surface area contributed by atoms with E-state index in [1.165, 1.54) is 0 Å². The Kier molecular flexibility index (Phi) is 1.53. The zero-order valence-electron chi connectivity index (χ0n) is 7.15. The minimum absolute atomic E-state index is 0.899. The van der Waals surface area contributed by atoms with E-state index in [-0.39, 0.29) is 0 Å². The van der Waals surface area contributed by atoms with Crippen molar-refractivity contribution in [3.63, 3.8) is 0 Å². The molecule has 12 heavy (non-hydrogen) atoms. The molecule has 62 valence electrons. The molecule has 0 unspecified atom stereocenters. The first-order valence-corrected chi connectivity index (χ1v) is 3.94. The molecule has 2 rings (SSSR count). The van der Waals surface area contributed by atoms with Crippen LogP contribution in [0.1, 0.15) is 12.6 Å². The van der Waals surface area contributed by atoms with E-state index in [0.29, 0.717) is 0 Å². The van der Waals surface area contributed by atoms with Crippen LogP contribution < -0.4 is 0 Å². The van der Waals surface area contributed by atoms with Gasteiger partial charge in [-0.1, -0.05) is 6.92 Å². The summed E-state index contributed by atoms with van der Waals surface area (Å²) in [4.78, 5) is 8.27. The molecule has 0 aliphatic carbocycles. The van der Waals surface area contributed by atoms with E-state index in [2.05, 4.69) is 22.0 Å². The molecule has 4 heteroatoms. The van der Waals surface area contributed by atoms with E-state index in [1.54, 1.807) is 11.0 Å². The van der Waals surface area contributed by atoms with Crippen molar-refractivity contribution in [3.8, 4) is 0 Å². The van der Waals surface area contributed by atoms with Gasteiger partial charge in [0.1, 0.15) is 17.4 Å². The largest absolute Gasteiger partial charge is 0.273 e. The van der Waals surface area contributed by atoms with E-state index in [1.807, 2.05) is 13.2 Å². The summed E-state index contributed by atoms with van der Waals surface area (Å²) >= 11 is 0. The van der Waals surface area contributed by atoms with Crippen molar-refractivity contribution in [2.45, 2.75) is 13.3 Å². The maximum Gasteiger partial charge on any atom is 0.132 e. The van der Waals surface area contributed by atoms with Gasteiger partial charge in [-0.15, -0.1) is 0 Å². The van der Waals surface area contributed by atoms with Crippen LogP contribution in [0, 0.1) is 0 Å². The average Bonchev–Trinajstić information content (AvgIpc) is 2.44. The van der Waals surface area contributed by atoms with Gasteiger partial charge in [0.2, 0.25) is 0 Å². The van der Waals surface area contributed by atoms with Crippen LogP contribution in [0.5, 0.6) is 0 Å². The van der Waals surface area contributed by atoms with Gasteiger partial charge in [0.15, 0.2) is 0 Å². The van der Waals surface area contributed by atoms with Crippen LogP contribution in [0.2, 0.25) is 0 Å². The number of nitrogens with zero attached hydrogens (tertiary/aromatic N) is 4. The molecule has 0 saturated carbocycles. The van der Waals surface area contributed by atoms with E-state index in [4.69, 9.17) is 0 Å². The first kappa shape index (κ1) is 7.21. The van der Waals surface area contributed by atoms with Gasteiger partial charge in [0.05, 0.1) is 11.9 Å². The normalized spacial score (nSPS) is 10.8. The van der Waals surface area contributed by atoms with Crippen molar-refractivity contribution >= 4 is 11.0 Å². The third-order valence-electron chi connectivity index (χ3n) is 1.83. The summed E-state index contributed by atoms with van der Waals surface area (Å²) in [5, 5.41) is 4.28. The molecule has 0 saturated heterocycles. The van der Waals surface area contributed by atoms with E-state index < -0.39 is 0 Å². The molecular weight excluding hydrogens is 152 g/mol. The molecule has 2 aromatic heterocycles.